The molecule has 0 saturated carbocycles. The van der Waals surface area contributed by atoms with Crippen molar-refractivity contribution in [1.82, 2.24) is 15.2 Å². The molecule has 0 unspecified atom stereocenters. The van der Waals surface area contributed by atoms with Crippen molar-refractivity contribution < 1.29 is 4.74 Å². The average molecular weight is 340 g/mol. The van der Waals surface area contributed by atoms with E-state index in [9.17, 15) is 0 Å². The summed E-state index contributed by atoms with van der Waals surface area (Å²) in [5.74, 6) is 1.79. The summed E-state index contributed by atoms with van der Waals surface area (Å²) in [7, 11) is 2.02. The predicted octanol–water partition coefficient (Wildman–Crippen LogP) is 3.17. The molecule has 1 N–H and O–H groups in total. The van der Waals surface area contributed by atoms with Crippen LogP contribution in [0.25, 0.3) is 0 Å². The number of para-hydroxylation sites is 1. The van der Waals surface area contributed by atoms with Gasteiger partial charge >= 0.3 is 0 Å². The van der Waals surface area contributed by atoms with Crippen LogP contribution in [0.15, 0.2) is 47.6 Å². The highest BCUT2D eigenvalue weighted by Gasteiger charge is 2.07. The van der Waals surface area contributed by atoms with Crippen molar-refractivity contribution in [3.63, 3.8) is 0 Å². The number of hydrogen-bond acceptors (Lipinski definition) is 3. The van der Waals surface area contributed by atoms with Crippen LogP contribution in [0.3, 0.4) is 0 Å². The number of likely N-dealkylation sites (N-methyl/N-ethyl adjacent to an activating group) is 1. The van der Waals surface area contributed by atoms with Gasteiger partial charge in [0.1, 0.15) is 12.4 Å². The number of pyridine rings is 1. The summed E-state index contributed by atoms with van der Waals surface area (Å²) in [5, 5.41) is 3.32. The Balaban J connectivity index is 1.93. The first-order valence-corrected chi connectivity index (χ1v) is 8.70. The van der Waals surface area contributed by atoms with Gasteiger partial charge in [-0.2, -0.15) is 0 Å². The topological polar surface area (TPSA) is 49.8 Å². The zero-order chi connectivity index (χ0) is 18.1. The molecule has 0 fully saturated rings. The van der Waals surface area contributed by atoms with Crippen molar-refractivity contribution in [2.24, 2.45) is 4.99 Å². The number of aryl methyl sites for hydroxylation is 2. The highest BCUT2D eigenvalue weighted by Crippen LogP contribution is 2.15. The van der Waals surface area contributed by atoms with Crippen LogP contribution in [-0.2, 0) is 6.54 Å². The molecular weight excluding hydrogens is 312 g/mol. The maximum atomic E-state index is 5.88. The van der Waals surface area contributed by atoms with Crippen molar-refractivity contribution >= 4 is 5.96 Å². The molecule has 25 heavy (non-hydrogen) atoms. The Morgan fingerprint density at radius 3 is 2.64 bits per heavy atom. The molecule has 134 valence electrons. The van der Waals surface area contributed by atoms with E-state index >= 15 is 0 Å². The van der Waals surface area contributed by atoms with Crippen LogP contribution >= 0.6 is 0 Å². The van der Waals surface area contributed by atoms with Gasteiger partial charge in [0.2, 0.25) is 0 Å². The van der Waals surface area contributed by atoms with Crippen LogP contribution in [0.2, 0.25) is 0 Å². The van der Waals surface area contributed by atoms with Gasteiger partial charge in [-0.05, 0) is 44.0 Å². The van der Waals surface area contributed by atoms with Crippen molar-refractivity contribution in [2.75, 3.05) is 26.7 Å². The summed E-state index contributed by atoms with van der Waals surface area (Å²) in [4.78, 5) is 11.2. The number of guanidine groups is 1. The van der Waals surface area contributed by atoms with Gasteiger partial charge in [-0.15, -0.1) is 0 Å². The van der Waals surface area contributed by atoms with Crippen LogP contribution < -0.4 is 10.1 Å². The predicted molar refractivity (Wildman–Crippen MR) is 103 cm³/mol. The number of aliphatic imine (C=N–C) groups is 1. The molecule has 5 heteroatoms. The second-order valence-electron chi connectivity index (χ2n) is 5.97. The monoisotopic (exact) mass is 340 g/mol. The lowest BCUT2D eigenvalue weighted by atomic mass is 10.2. The minimum Gasteiger partial charge on any atom is -0.491 e. The molecule has 0 bridgehead atoms. The number of aromatic nitrogens is 1. The van der Waals surface area contributed by atoms with Crippen LogP contribution in [0.1, 0.15) is 23.7 Å². The zero-order valence-electron chi connectivity index (χ0n) is 15.6. The Morgan fingerprint density at radius 2 is 1.92 bits per heavy atom. The number of rotatable bonds is 7. The third kappa shape index (κ3) is 5.78. The van der Waals surface area contributed by atoms with Crippen molar-refractivity contribution in [3.8, 4) is 5.75 Å². The molecule has 0 aliphatic heterocycles. The smallest absolute Gasteiger partial charge is 0.194 e. The van der Waals surface area contributed by atoms with Crippen LogP contribution in [0.4, 0.5) is 0 Å². The normalized spacial score (nSPS) is 11.3. The van der Waals surface area contributed by atoms with Gasteiger partial charge in [0.25, 0.3) is 0 Å². The molecule has 1 aromatic heterocycles. The highest BCUT2D eigenvalue weighted by atomic mass is 16.5. The van der Waals surface area contributed by atoms with Crippen molar-refractivity contribution in [2.45, 2.75) is 27.3 Å². The minimum absolute atomic E-state index is 0.567. The molecule has 0 aliphatic rings. The Morgan fingerprint density at radius 1 is 1.16 bits per heavy atom. The SMILES string of the molecule is CCNC(=NCc1ncccc1C)N(C)CCOc1ccccc1C. The van der Waals surface area contributed by atoms with Crippen molar-refractivity contribution in [3.05, 3.63) is 59.4 Å². The Hall–Kier alpha value is -2.56. The van der Waals surface area contributed by atoms with E-state index in [-0.39, 0.29) is 0 Å². The molecule has 2 aromatic rings. The molecule has 0 spiro atoms. The van der Waals surface area contributed by atoms with Gasteiger partial charge in [-0.1, -0.05) is 24.3 Å². The van der Waals surface area contributed by atoms with E-state index < -0.39 is 0 Å². The number of hydrogen-bond donors (Lipinski definition) is 1. The first-order valence-electron chi connectivity index (χ1n) is 8.70. The second kappa shape index (κ2) is 9.67. The number of ether oxygens (including phenoxy) is 1. The van der Waals surface area contributed by atoms with Crippen LogP contribution in [0, 0.1) is 13.8 Å². The molecule has 0 atom stereocenters. The van der Waals surface area contributed by atoms with Gasteiger partial charge in [-0.25, -0.2) is 4.99 Å². The van der Waals surface area contributed by atoms with Gasteiger partial charge in [0.15, 0.2) is 5.96 Å². The van der Waals surface area contributed by atoms with Gasteiger partial charge in [0, 0.05) is 19.8 Å². The Kier molecular flexibility index (Phi) is 7.26. The largest absolute Gasteiger partial charge is 0.491 e. The molecule has 0 aliphatic carbocycles. The minimum atomic E-state index is 0.567. The summed E-state index contributed by atoms with van der Waals surface area (Å²) >= 11 is 0. The zero-order valence-corrected chi connectivity index (χ0v) is 15.6. The van der Waals surface area contributed by atoms with E-state index in [1.165, 1.54) is 0 Å². The van der Waals surface area contributed by atoms with Crippen LogP contribution in [0.5, 0.6) is 5.75 Å². The molecule has 5 nitrogen and oxygen atoms in total. The number of nitrogens with one attached hydrogen (secondary N) is 1. The third-order valence-corrected chi connectivity index (χ3v) is 3.97. The Labute approximate surface area is 150 Å². The number of nitrogens with zero attached hydrogens (tertiary/aromatic N) is 3. The summed E-state index contributed by atoms with van der Waals surface area (Å²) in [6.07, 6.45) is 1.81. The van der Waals surface area contributed by atoms with E-state index in [4.69, 9.17) is 9.73 Å². The lowest BCUT2D eigenvalue weighted by Gasteiger charge is -2.22. The maximum absolute atomic E-state index is 5.88. The fourth-order valence-corrected chi connectivity index (χ4v) is 2.42. The lowest BCUT2D eigenvalue weighted by molar-refractivity contribution is 0.280. The molecule has 1 aromatic carbocycles. The van der Waals surface area contributed by atoms with Gasteiger partial charge in [-0.3, -0.25) is 4.98 Å². The summed E-state index contributed by atoms with van der Waals surface area (Å²) < 4.78 is 5.88. The van der Waals surface area contributed by atoms with Gasteiger partial charge in [0.05, 0.1) is 18.8 Å². The summed E-state index contributed by atoms with van der Waals surface area (Å²) in [5.41, 5.74) is 3.31. The van der Waals surface area contributed by atoms with E-state index in [0.717, 1.165) is 41.6 Å². The van der Waals surface area contributed by atoms with E-state index in [0.29, 0.717) is 13.2 Å². The molecule has 0 saturated heterocycles. The van der Waals surface area contributed by atoms with E-state index in [2.05, 4.69) is 48.1 Å². The summed E-state index contributed by atoms with van der Waals surface area (Å²) in [6.45, 7) is 8.93. The molecule has 0 radical (unpaired) electrons. The fourth-order valence-electron chi connectivity index (χ4n) is 2.42. The maximum Gasteiger partial charge on any atom is 0.194 e. The quantitative estimate of drug-likeness (QED) is 0.621. The first kappa shape index (κ1) is 18.8. The van der Waals surface area contributed by atoms with E-state index in [1.54, 1.807) is 0 Å². The molecule has 2 rings (SSSR count). The highest BCUT2D eigenvalue weighted by molar-refractivity contribution is 5.79. The fraction of sp³-hybridized carbons (Fsp3) is 0.400. The number of benzene rings is 1. The van der Waals surface area contributed by atoms with Crippen molar-refractivity contribution in [1.29, 1.82) is 0 Å². The van der Waals surface area contributed by atoms with Crippen LogP contribution in [-0.4, -0.2) is 42.6 Å². The van der Waals surface area contributed by atoms with E-state index in [1.807, 2.05) is 37.5 Å². The lowest BCUT2D eigenvalue weighted by Crippen LogP contribution is -2.40. The standard InChI is InChI=1S/C20H28N4O/c1-5-21-20(23-15-18-16(2)10-8-12-22-18)24(4)13-14-25-19-11-7-6-9-17(19)3/h6-12H,5,13-15H2,1-4H3,(H,21,23). The molecule has 1 heterocycles. The van der Waals surface area contributed by atoms with Gasteiger partial charge < -0.3 is 15.0 Å². The average Bonchev–Trinajstić information content (AvgIpc) is 2.61. The second-order valence-corrected chi connectivity index (χ2v) is 5.97. The third-order valence-electron chi connectivity index (χ3n) is 3.97. The first-order chi connectivity index (χ1) is 12.1. The Bertz CT molecular complexity index is 700. The molecular formula is C20H28N4O. The summed E-state index contributed by atoms with van der Waals surface area (Å²) in [6, 6.07) is 12.1. The molecule has 0 amide bonds.